The molecule has 1 aliphatic heterocycles. The highest BCUT2D eigenvalue weighted by molar-refractivity contribution is 6.00. The largest absolute Gasteiger partial charge is 0.497 e. The topological polar surface area (TPSA) is 81.9 Å². The third-order valence-corrected chi connectivity index (χ3v) is 5.48. The van der Waals surface area contributed by atoms with Crippen molar-refractivity contribution in [3.05, 3.63) is 77.0 Å². The molecule has 1 aliphatic carbocycles. The summed E-state index contributed by atoms with van der Waals surface area (Å²) in [5.41, 5.74) is 3.79. The maximum Gasteiger partial charge on any atom is 0.248 e. The number of Topliss-reactive ketones (excluding diaryl/α,β-unsaturated/α-hetero) is 1. The third kappa shape index (κ3) is 2.67. The van der Waals surface area contributed by atoms with Crippen molar-refractivity contribution >= 4 is 11.7 Å². The van der Waals surface area contributed by atoms with Gasteiger partial charge in [0, 0.05) is 17.7 Å². The third-order valence-electron chi connectivity index (χ3n) is 5.48. The quantitative estimate of drug-likeness (QED) is 0.760. The van der Waals surface area contributed by atoms with Crippen molar-refractivity contribution in [2.45, 2.75) is 24.8 Å². The fourth-order valence-corrected chi connectivity index (χ4v) is 4.13. The van der Waals surface area contributed by atoms with E-state index >= 15 is 0 Å². The van der Waals surface area contributed by atoms with Crippen LogP contribution in [0.2, 0.25) is 0 Å². The molecule has 7 heteroatoms. The van der Waals surface area contributed by atoms with Gasteiger partial charge in [-0.3, -0.25) is 4.79 Å². The van der Waals surface area contributed by atoms with Crippen molar-refractivity contribution in [3.63, 3.8) is 0 Å². The van der Waals surface area contributed by atoms with Crippen LogP contribution in [0.1, 0.15) is 35.9 Å². The second-order valence-corrected chi connectivity index (χ2v) is 7.08. The first-order valence-electron chi connectivity index (χ1n) is 9.24. The van der Waals surface area contributed by atoms with Crippen LogP contribution in [0.15, 0.2) is 65.9 Å². The standard InChI is InChI=1S/C21H19N5O2/c1-28-16-9-7-14(8-10-16)20-19-17(22-21-23-24-25-26(20)21)11-15(12-18(19)27)13-5-3-2-4-6-13/h2-10,15,20H,11-12H2,1H3,(H,22,23,25)/t15-,20+/m0/s1. The van der Waals surface area contributed by atoms with Gasteiger partial charge in [0.1, 0.15) is 11.8 Å². The van der Waals surface area contributed by atoms with Crippen LogP contribution in [0.25, 0.3) is 0 Å². The number of ether oxygens (including phenoxy) is 1. The van der Waals surface area contributed by atoms with Gasteiger partial charge in [-0.05, 0) is 46.0 Å². The first kappa shape index (κ1) is 16.7. The van der Waals surface area contributed by atoms with Gasteiger partial charge in [0.2, 0.25) is 5.95 Å². The SMILES string of the molecule is COc1ccc([C@@H]2C3=C(C[C@H](c4ccccc4)CC3=O)Nc3nnnn32)cc1. The maximum absolute atomic E-state index is 13.2. The van der Waals surface area contributed by atoms with Gasteiger partial charge >= 0.3 is 0 Å². The molecular formula is C21H19N5O2. The van der Waals surface area contributed by atoms with Crippen molar-refractivity contribution < 1.29 is 9.53 Å². The highest BCUT2D eigenvalue weighted by Crippen LogP contribution is 2.43. The summed E-state index contributed by atoms with van der Waals surface area (Å²) in [4.78, 5) is 13.2. The first-order chi connectivity index (χ1) is 13.7. The number of hydrogen-bond donors (Lipinski definition) is 1. The van der Waals surface area contributed by atoms with E-state index in [-0.39, 0.29) is 17.7 Å². The molecule has 0 saturated carbocycles. The normalized spacial score (nSPS) is 21.0. The van der Waals surface area contributed by atoms with Crippen LogP contribution < -0.4 is 10.1 Å². The molecule has 0 bridgehead atoms. The predicted octanol–water partition coefficient (Wildman–Crippen LogP) is 3.10. The Morgan fingerprint density at radius 2 is 1.82 bits per heavy atom. The number of anilines is 1. The zero-order valence-corrected chi connectivity index (χ0v) is 15.4. The average Bonchev–Trinajstić information content (AvgIpc) is 3.21. The number of carbonyl (C=O) groups is 1. The van der Waals surface area contributed by atoms with E-state index in [2.05, 4.69) is 33.0 Å². The Hall–Kier alpha value is -3.48. The number of methoxy groups -OCH3 is 1. The molecule has 2 aromatic carbocycles. The number of aromatic nitrogens is 4. The molecule has 0 saturated heterocycles. The molecule has 1 aromatic heterocycles. The summed E-state index contributed by atoms with van der Waals surface area (Å²) in [6, 6.07) is 17.5. The fourth-order valence-electron chi connectivity index (χ4n) is 4.13. The van der Waals surface area contributed by atoms with Crippen LogP contribution in [0.3, 0.4) is 0 Å². The molecule has 0 amide bonds. The van der Waals surface area contributed by atoms with E-state index in [0.717, 1.165) is 29.0 Å². The lowest BCUT2D eigenvalue weighted by atomic mass is 9.78. The second kappa shape index (κ2) is 6.60. The van der Waals surface area contributed by atoms with Gasteiger partial charge in [0.05, 0.1) is 7.11 Å². The van der Waals surface area contributed by atoms with Crippen molar-refractivity contribution in [1.29, 1.82) is 0 Å². The lowest BCUT2D eigenvalue weighted by molar-refractivity contribution is -0.116. The fraction of sp³-hybridized carbons (Fsp3) is 0.238. The molecule has 1 N–H and O–H groups in total. The Kier molecular flexibility index (Phi) is 3.93. The summed E-state index contributed by atoms with van der Waals surface area (Å²) in [5.74, 6) is 1.60. The van der Waals surface area contributed by atoms with E-state index in [9.17, 15) is 4.79 Å². The zero-order chi connectivity index (χ0) is 19.1. The summed E-state index contributed by atoms with van der Waals surface area (Å²) in [5, 5.41) is 15.3. The van der Waals surface area contributed by atoms with E-state index in [1.54, 1.807) is 11.8 Å². The van der Waals surface area contributed by atoms with Crippen LogP contribution in [-0.2, 0) is 4.79 Å². The van der Waals surface area contributed by atoms with E-state index in [1.165, 1.54) is 5.56 Å². The number of allylic oxidation sites excluding steroid dienone is 2. The van der Waals surface area contributed by atoms with Gasteiger partial charge in [0.25, 0.3) is 0 Å². The number of fused-ring (bicyclic) bond motifs is 1. The molecule has 2 heterocycles. The Labute approximate surface area is 162 Å². The van der Waals surface area contributed by atoms with Crippen molar-refractivity contribution in [2.75, 3.05) is 12.4 Å². The van der Waals surface area contributed by atoms with Gasteiger partial charge in [-0.1, -0.05) is 47.6 Å². The Morgan fingerprint density at radius 3 is 2.57 bits per heavy atom. The van der Waals surface area contributed by atoms with Crippen LogP contribution in [-0.4, -0.2) is 33.1 Å². The number of benzene rings is 2. The molecule has 7 nitrogen and oxygen atoms in total. The minimum absolute atomic E-state index is 0.129. The average molecular weight is 373 g/mol. The second-order valence-electron chi connectivity index (χ2n) is 7.08. The maximum atomic E-state index is 13.2. The summed E-state index contributed by atoms with van der Waals surface area (Å²) < 4.78 is 6.95. The van der Waals surface area contributed by atoms with Crippen molar-refractivity contribution in [3.8, 4) is 5.75 Å². The van der Waals surface area contributed by atoms with E-state index < -0.39 is 0 Å². The predicted molar refractivity (Wildman–Crippen MR) is 103 cm³/mol. The van der Waals surface area contributed by atoms with Gasteiger partial charge < -0.3 is 10.1 Å². The highest BCUT2D eigenvalue weighted by Gasteiger charge is 2.39. The number of tetrazole rings is 1. The number of hydrogen-bond acceptors (Lipinski definition) is 6. The van der Waals surface area contributed by atoms with Gasteiger partial charge in [-0.15, -0.1) is 0 Å². The van der Waals surface area contributed by atoms with Crippen LogP contribution in [0, 0.1) is 0 Å². The lowest BCUT2D eigenvalue weighted by Gasteiger charge is -2.34. The number of carbonyl (C=O) groups excluding carboxylic acids is 1. The minimum atomic E-state index is -0.337. The van der Waals surface area contributed by atoms with Crippen molar-refractivity contribution in [1.82, 2.24) is 20.2 Å². The number of nitrogens with one attached hydrogen (secondary N) is 1. The molecule has 140 valence electrons. The van der Waals surface area contributed by atoms with Gasteiger partial charge in [-0.25, -0.2) is 0 Å². The molecule has 2 atom stereocenters. The number of ketones is 1. The molecule has 0 spiro atoms. The summed E-state index contributed by atoms with van der Waals surface area (Å²) in [6.07, 6.45) is 1.24. The smallest absolute Gasteiger partial charge is 0.248 e. The number of rotatable bonds is 3. The zero-order valence-electron chi connectivity index (χ0n) is 15.4. The Balaban J connectivity index is 1.58. The molecule has 3 aromatic rings. The highest BCUT2D eigenvalue weighted by atomic mass is 16.5. The Morgan fingerprint density at radius 1 is 1.04 bits per heavy atom. The summed E-state index contributed by atoms with van der Waals surface area (Å²) in [7, 11) is 1.63. The summed E-state index contributed by atoms with van der Waals surface area (Å²) >= 11 is 0. The van der Waals surface area contributed by atoms with Crippen LogP contribution in [0.5, 0.6) is 5.75 Å². The monoisotopic (exact) mass is 373 g/mol. The van der Waals surface area contributed by atoms with Crippen LogP contribution in [0.4, 0.5) is 5.95 Å². The molecule has 0 fully saturated rings. The number of nitrogens with zero attached hydrogens (tertiary/aromatic N) is 4. The first-order valence-corrected chi connectivity index (χ1v) is 9.24. The summed E-state index contributed by atoms with van der Waals surface area (Å²) in [6.45, 7) is 0. The van der Waals surface area contributed by atoms with E-state index in [4.69, 9.17) is 4.74 Å². The molecule has 2 aliphatic rings. The lowest BCUT2D eigenvalue weighted by Crippen LogP contribution is -2.33. The minimum Gasteiger partial charge on any atom is -0.497 e. The van der Waals surface area contributed by atoms with Gasteiger partial charge in [0.15, 0.2) is 5.78 Å². The molecule has 28 heavy (non-hydrogen) atoms. The molecule has 0 radical (unpaired) electrons. The Bertz CT molecular complexity index is 1060. The van der Waals surface area contributed by atoms with Gasteiger partial charge in [-0.2, -0.15) is 4.68 Å². The molecule has 5 rings (SSSR count). The van der Waals surface area contributed by atoms with Crippen molar-refractivity contribution in [2.24, 2.45) is 0 Å². The van der Waals surface area contributed by atoms with E-state index in [1.807, 2.05) is 42.5 Å². The van der Waals surface area contributed by atoms with Crippen LogP contribution >= 0.6 is 0 Å². The molecule has 0 unspecified atom stereocenters. The van der Waals surface area contributed by atoms with E-state index in [0.29, 0.717) is 12.4 Å². The molecular weight excluding hydrogens is 354 g/mol.